The fourth-order valence-corrected chi connectivity index (χ4v) is 2.76. The average molecular weight is 389 g/mol. The molecule has 7 heteroatoms. The van der Waals surface area contributed by atoms with E-state index in [4.69, 9.17) is 13.6 Å². The molecule has 0 aliphatic carbocycles. The van der Waals surface area contributed by atoms with Crippen LogP contribution in [-0.4, -0.2) is 24.3 Å². The molecular weight excluding hydrogens is 374 g/mol. The van der Waals surface area contributed by atoms with Crippen molar-refractivity contribution in [2.75, 3.05) is 11.9 Å². The number of carbonyl (C=O) groups is 3. The minimum absolute atomic E-state index is 0.105. The van der Waals surface area contributed by atoms with Crippen LogP contribution in [0.25, 0.3) is 11.0 Å². The fraction of sp³-hybridized carbons (Fsp3) is 0.0455. The van der Waals surface area contributed by atoms with E-state index in [2.05, 4.69) is 5.32 Å². The largest absolute Gasteiger partial charge is 0.459 e. The Morgan fingerprint density at radius 3 is 2.48 bits per heavy atom. The fourth-order valence-electron chi connectivity index (χ4n) is 2.76. The lowest BCUT2D eigenvalue weighted by molar-refractivity contribution is 0.0469. The zero-order chi connectivity index (χ0) is 20.2. The van der Waals surface area contributed by atoms with Crippen LogP contribution in [0.2, 0.25) is 0 Å². The molecule has 7 nitrogen and oxygen atoms in total. The van der Waals surface area contributed by atoms with Gasteiger partial charge in [-0.2, -0.15) is 0 Å². The molecule has 1 N–H and O–H groups in total. The van der Waals surface area contributed by atoms with Crippen molar-refractivity contribution < 1.29 is 28.0 Å². The molecule has 0 fully saturated rings. The van der Waals surface area contributed by atoms with Gasteiger partial charge in [0.1, 0.15) is 5.58 Å². The maximum Gasteiger partial charge on any atom is 0.340 e. The van der Waals surface area contributed by atoms with Crippen LogP contribution in [0.3, 0.4) is 0 Å². The number of nitrogens with one attached hydrogen (secondary N) is 1. The van der Waals surface area contributed by atoms with Gasteiger partial charge < -0.3 is 18.9 Å². The SMILES string of the molecule is O=C(COC(=O)c1ccccc1NC(=O)c1ccco1)c1cc2ccccc2o1. The second kappa shape index (κ2) is 7.85. The molecule has 0 aliphatic rings. The van der Waals surface area contributed by atoms with Gasteiger partial charge in [-0.15, -0.1) is 0 Å². The molecule has 144 valence electrons. The number of furan rings is 2. The summed E-state index contributed by atoms with van der Waals surface area (Å²) in [6.45, 7) is -0.487. The van der Waals surface area contributed by atoms with Crippen molar-refractivity contribution in [3.63, 3.8) is 0 Å². The first-order chi connectivity index (χ1) is 14.1. The first-order valence-electron chi connectivity index (χ1n) is 8.74. The molecule has 0 spiro atoms. The van der Waals surface area contributed by atoms with Gasteiger partial charge in [-0.1, -0.05) is 30.3 Å². The molecule has 0 atom stereocenters. The number of hydrogen-bond acceptors (Lipinski definition) is 6. The Kier molecular flexibility index (Phi) is 4.94. The van der Waals surface area contributed by atoms with E-state index >= 15 is 0 Å². The van der Waals surface area contributed by atoms with Gasteiger partial charge in [0.2, 0.25) is 5.78 Å². The standard InChI is InChI=1S/C22H15NO6/c24-17(20-12-14-6-1-4-9-18(14)29-20)13-28-22(26)15-7-2-3-8-16(15)23-21(25)19-10-5-11-27-19/h1-12H,13H2,(H,23,25). The van der Waals surface area contributed by atoms with Gasteiger partial charge in [-0.3, -0.25) is 9.59 Å². The highest BCUT2D eigenvalue weighted by molar-refractivity contribution is 6.07. The van der Waals surface area contributed by atoms with Gasteiger partial charge in [0, 0.05) is 5.39 Å². The van der Waals surface area contributed by atoms with E-state index in [-0.39, 0.29) is 22.8 Å². The van der Waals surface area contributed by atoms with Crippen LogP contribution in [0.5, 0.6) is 0 Å². The van der Waals surface area contributed by atoms with Crippen molar-refractivity contribution in [2.24, 2.45) is 0 Å². The first kappa shape index (κ1) is 18.2. The number of rotatable bonds is 6. The quantitative estimate of drug-likeness (QED) is 0.390. The normalized spacial score (nSPS) is 10.6. The summed E-state index contributed by atoms with van der Waals surface area (Å²) in [6, 6.07) is 18.2. The molecular formula is C22H15NO6. The topological polar surface area (TPSA) is 98.8 Å². The van der Waals surface area contributed by atoms with E-state index in [9.17, 15) is 14.4 Å². The molecule has 0 bridgehead atoms. The van der Waals surface area contributed by atoms with Gasteiger partial charge in [0.15, 0.2) is 18.1 Å². The van der Waals surface area contributed by atoms with Crippen LogP contribution in [0.1, 0.15) is 31.5 Å². The molecule has 0 saturated heterocycles. The monoisotopic (exact) mass is 389 g/mol. The number of amides is 1. The molecule has 2 aromatic heterocycles. The lowest BCUT2D eigenvalue weighted by Crippen LogP contribution is -2.17. The summed E-state index contributed by atoms with van der Waals surface area (Å²) in [7, 11) is 0. The highest BCUT2D eigenvalue weighted by atomic mass is 16.5. The number of carbonyl (C=O) groups excluding carboxylic acids is 3. The minimum atomic E-state index is -0.746. The van der Waals surface area contributed by atoms with E-state index in [1.165, 1.54) is 18.4 Å². The Morgan fingerprint density at radius 1 is 0.897 bits per heavy atom. The van der Waals surface area contributed by atoms with E-state index in [0.29, 0.717) is 5.58 Å². The van der Waals surface area contributed by atoms with Crippen LogP contribution in [-0.2, 0) is 4.74 Å². The number of Topliss-reactive ketones (excluding diaryl/α,β-unsaturated/α-hetero) is 1. The predicted octanol–water partition coefficient (Wildman–Crippen LogP) is 4.32. The lowest BCUT2D eigenvalue weighted by atomic mass is 10.1. The summed E-state index contributed by atoms with van der Waals surface area (Å²) in [5, 5.41) is 3.38. The van der Waals surface area contributed by atoms with Crippen LogP contribution >= 0.6 is 0 Å². The summed E-state index contributed by atoms with van der Waals surface area (Å²) in [5.74, 6) is -1.50. The maximum atomic E-state index is 12.5. The van der Waals surface area contributed by atoms with Crippen molar-refractivity contribution >= 4 is 34.3 Å². The molecule has 2 aromatic carbocycles. The zero-order valence-electron chi connectivity index (χ0n) is 15.1. The number of esters is 1. The molecule has 0 aliphatic heterocycles. The summed E-state index contributed by atoms with van der Waals surface area (Å²) in [6.07, 6.45) is 1.37. The molecule has 4 rings (SSSR count). The van der Waals surface area contributed by atoms with E-state index in [1.807, 2.05) is 12.1 Å². The minimum Gasteiger partial charge on any atom is -0.459 e. The van der Waals surface area contributed by atoms with Crippen molar-refractivity contribution in [1.29, 1.82) is 0 Å². The van der Waals surface area contributed by atoms with Crippen LogP contribution in [0.4, 0.5) is 5.69 Å². The number of fused-ring (bicyclic) bond motifs is 1. The summed E-state index contributed by atoms with van der Waals surface area (Å²) < 4.78 is 15.6. The summed E-state index contributed by atoms with van der Waals surface area (Å²) in [5.41, 5.74) is 0.938. The number of anilines is 1. The van der Waals surface area contributed by atoms with Crippen LogP contribution < -0.4 is 5.32 Å². The Morgan fingerprint density at radius 2 is 1.69 bits per heavy atom. The zero-order valence-corrected chi connectivity index (χ0v) is 15.1. The molecule has 0 saturated carbocycles. The number of hydrogen-bond donors (Lipinski definition) is 1. The van der Waals surface area contributed by atoms with Gasteiger partial charge in [-0.05, 0) is 36.4 Å². The molecule has 2 heterocycles. The second-order valence-corrected chi connectivity index (χ2v) is 6.12. The van der Waals surface area contributed by atoms with E-state index in [1.54, 1.807) is 42.5 Å². The Bertz CT molecular complexity index is 1160. The van der Waals surface area contributed by atoms with E-state index < -0.39 is 24.3 Å². The van der Waals surface area contributed by atoms with Crippen molar-refractivity contribution in [3.05, 3.63) is 90.1 Å². The summed E-state index contributed by atoms with van der Waals surface area (Å²) >= 11 is 0. The second-order valence-electron chi connectivity index (χ2n) is 6.12. The smallest absolute Gasteiger partial charge is 0.340 e. The number of ketones is 1. The maximum absolute atomic E-state index is 12.5. The average Bonchev–Trinajstić information content (AvgIpc) is 3.42. The molecule has 4 aromatic rings. The Labute approximate surface area is 164 Å². The number of ether oxygens (including phenoxy) is 1. The number of para-hydroxylation sites is 2. The van der Waals surface area contributed by atoms with E-state index in [0.717, 1.165) is 5.39 Å². The highest BCUT2D eigenvalue weighted by Gasteiger charge is 2.19. The highest BCUT2D eigenvalue weighted by Crippen LogP contribution is 2.20. The summed E-state index contributed by atoms with van der Waals surface area (Å²) in [4.78, 5) is 36.9. The Balaban J connectivity index is 1.44. The van der Waals surface area contributed by atoms with Gasteiger partial charge in [0.05, 0.1) is 17.5 Å². The van der Waals surface area contributed by atoms with Gasteiger partial charge in [-0.25, -0.2) is 4.79 Å². The molecule has 0 unspecified atom stereocenters. The number of benzene rings is 2. The third-order valence-electron chi connectivity index (χ3n) is 4.17. The van der Waals surface area contributed by atoms with Crippen LogP contribution in [0, 0.1) is 0 Å². The molecule has 1 amide bonds. The lowest BCUT2D eigenvalue weighted by Gasteiger charge is -2.09. The van der Waals surface area contributed by atoms with Crippen molar-refractivity contribution in [1.82, 2.24) is 0 Å². The van der Waals surface area contributed by atoms with Gasteiger partial charge >= 0.3 is 5.97 Å². The van der Waals surface area contributed by atoms with Gasteiger partial charge in [0.25, 0.3) is 5.91 Å². The van der Waals surface area contributed by atoms with Crippen molar-refractivity contribution in [3.8, 4) is 0 Å². The third-order valence-corrected chi connectivity index (χ3v) is 4.17. The van der Waals surface area contributed by atoms with Crippen molar-refractivity contribution in [2.45, 2.75) is 0 Å². The predicted molar refractivity (Wildman–Crippen MR) is 104 cm³/mol. The first-order valence-corrected chi connectivity index (χ1v) is 8.74. The third kappa shape index (κ3) is 3.93. The van der Waals surface area contributed by atoms with Crippen LogP contribution in [0.15, 0.2) is 81.8 Å². The molecule has 0 radical (unpaired) electrons. The Hall–Kier alpha value is -4.13. The molecule has 29 heavy (non-hydrogen) atoms.